The summed E-state index contributed by atoms with van der Waals surface area (Å²) in [7, 11) is -2.21. The van der Waals surface area contributed by atoms with Gasteiger partial charge in [-0.15, -0.1) is 0 Å². The molecule has 0 aromatic heterocycles. The molecule has 0 fully saturated rings. The molecular formula is C13H22N2O4S. The van der Waals surface area contributed by atoms with Gasteiger partial charge in [-0.25, -0.2) is 8.42 Å². The number of rotatable bonds is 7. The number of aliphatic hydroxyl groups is 1. The summed E-state index contributed by atoms with van der Waals surface area (Å²) in [4.78, 5) is 0.210. The van der Waals surface area contributed by atoms with Crippen molar-refractivity contribution in [2.75, 3.05) is 39.1 Å². The Bertz CT molecular complexity index is 558. The molecule has 0 radical (unpaired) electrons. The number of aliphatic hydroxyl groups excluding tert-OH is 1. The van der Waals surface area contributed by atoms with E-state index in [2.05, 4.69) is 0 Å². The highest BCUT2D eigenvalue weighted by atomic mass is 32.2. The van der Waals surface area contributed by atoms with E-state index in [1.54, 1.807) is 26.0 Å². The number of sulfonamides is 1. The minimum Gasteiger partial charge on any atom is -0.398 e. The van der Waals surface area contributed by atoms with E-state index >= 15 is 0 Å². The topological polar surface area (TPSA) is 92.9 Å². The second-order valence-corrected chi connectivity index (χ2v) is 6.42. The van der Waals surface area contributed by atoms with E-state index in [0.29, 0.717) is 16.8 Å². The Morgan fingerprint density at radius 1 is 1.30 bits per heavy atom. The highest BCUT2D eigenvalue weighted by Gasteiger charge is 2.27. The third kappa shape index (κ3) is 3.49. The number of nitrogen functional groups attached to an aromatic ring is 1. The highest BCUT2D eigenvalue weighted by Crippen LogP contribution is 2.27. The second-order valence-electron chi connectivity index (χ2n) is 4.55. The molecule has 1 rings (SSSR count). The van der Waals surface area contributed by atoms with Crippen molar-refractivity contribution < 1.29 is 18.3 Å². The molecule has 0 aliphatic rings. The van der Waals surface area contributed by atoms with Crippen molar-refractivity contribution in [3.8, 4) is 0 Å². The minimum atomic E-state index is -3.71. The summed E-state index contributed by atoms with van der Waals surface area (Å²) in [5.74, 6) is 0. The SMILES string of the molecule is COCCN(CCO)S(=O)(=O)c1c(C)ccc(N)c1C. The van der Waals surface area contributed by atoms with Gasteiger partial charge in [-0.05, 0) is 31.0 Å². The molecule has 0 unspecified atom stereocenters. The van der Waals surface area contributed by atoms with E-state index in [-0.39, 0.29) is 31.2 Å². The third-order valence-electron chi connectivity index (χ3n) is 3.14. The van der Waals surface area contributed by atoms with Crippen molar-refractivity contribution in [1.29, 1.82) is 0 Å². The fraction of sp³-hybridized carbons (Fsp3) is 0.538. The maximum atomic E-state index is 12.7. The normalized spacial score (nSPS) is 12.1. The number of anilines is 1. The van der Waals surface area contributed by atoms with Crippen molar-refractivity contribution in [3.05, 3.63) is 23.3 Å². The van der Waals surface area contributed by atoms with Gasteiger partial charge >= 0.3 is 0 Å². The molecular weight excluding hydrogens is 280 g/mol. The largest absolute Gasteiger partial charge is 0.398 e. The zero-order chi connectivity index (χ0) is 15.3. The van der Waals surface area contributed by atoms with E-state index in [0.717, 1.165) is 0 Å². The Morgan fingerprint density at radius 3 is 2.50 bits per heavy atom. The monoisotopic (exact) mass is 302 g/mol. The lowest BCUT2D eigenvalue weighted by atomic mass is 10.1. The van der Waals surface area contributed by atoms with Gasteiger partial charge in [0, 0.05) is 25.9 Å². The van der Waals surface area contributed by atoms with Crippen molar-refractivity contribution in [1.82, 2.24) is 4.31 Å². The van der Waals surface area contributed by atoms with Crippen LogP contribution in [0.1, 0.15) is 11.1 Å². The van der Waals surface area contributed by atoms with Gasteiger partial charge in [0.05, 0.1) is 18.1 Å². The average Bonchev–Trinajstić information content (AvgIpc) is 2.39. The molecule has 0 spiro atoms. The first kappa shape index (κ1) is 16.9. The van der Waals surface area contributed by atoms with E-state index in [4.69, 9.17) is 15.6 Å². The number of benzene rings is 1. The molecule has 0 saturated heterocycles. The summed E-state index contributed by atoms with van der Waals surface area (Å²) in [6.45, 7) is 3.64. The Kier molecular flexibility index (Phi) is 5.94. The summed E-state index contributed by atoms with van der Waals surface area (Å²) >= 11 is 0. The fourth-order valence-electron chi connectivity index (χ4n) is 2.03. The smallest absolute Gasteiger partial charge is 0.243 e. The lowest BCUT2D eigenvalue weighted by molar-refractivity contribution is 0.168. The van der Waals surface area contributed by atoms with Crippen LogP contribution in [-0.2, 0) is 14.8 Å². The van der Waals surface area contributed by atoms with Gasteiger partial charge in [0.15, 0.2) is 0 Å². The van der Waals surface area contributed by atoms with Crippen LogP contribution >= 0.6 is 0 Å². The molecule has 1 aromatic rings. The molecule has 1 aromatic carbocycles. The summed E-state index contributed by atoms with van der Waals surface area (Å²) in [5, 5.41) is 9.07. The summed E-state index contributed by atoms with van der Waals surface area (Å²) < 4.78 is 31.6. The van der Waals surface area contributed by atoms with E-state index in [1.807, 2.05) is 0 Å². The lowest BCUT2D eigenvalue weighted by Gasteiger charge is -2.23. The zero-order valence-corrected chi connectivity index (χ0v) is 12.9. The van der Waals surface area contributed by atoms with Crippen LogP contribution in [0, 0.1) is 13.8 Å². The van der Waals surface area contributed by atoms with Crippen LogP contribution in [0.3, 0.4) is 0 Å². The summed E-state index contributed by atoms with van der Waals surface area (Å²) in [6, 6.07) is 3.37. The number of aryl methyl sites for hydroxylation is 1. The van der Waals surface area contributed by atoms with E-state index < -0.39 is 10.0 Å². The van der Waals surface area contributed by atoms with Crippen LogP contribution in [0.5, 0.6) is 0 Å². The van der Waals surface area contributed by atoms with Gasteiger partial charge in [0.25, 0.3) is 0 Å². The molecule has 0 aliphatic carbocycles. The summed E-state index contributed by atoms with van der Waals surface area (Å²) in [5.41, 5.74) is 7.41. The van der Waals surface area contributed by atoms with Gasteiger partial charge in [-0.3, -0.25) is 0 Å². The highest BCUT2D eigenvalue weighted by molar-refractivity contribution is 7.89. The van der Waals surface area contributed by atoms with Crippen molar-refractivity contribution in [3.63, 3.8) is 0 Å². The number of hydrogen-bond donors (Lipinski definition) is 2. The number of ether oxygens (including phenoxy) is 1. The first-order valence-electron chi connectivity index (χ1n) is 6.31. The Morgan fingerprint density at radius 2 is 1.95 bits per heavy atom. The number of hydrogen-bond acceptors (Lipinski definition) is 5. The molecule has 0 amide bonds. The molecule has 3 N–H and O–H groups in total. The predicted molar refractivity (Wildman–Crippen MR) is 78.0 cm³/mol. The maximum absolute atomic E-state index is 12.7. The summed E-state index contributed by atoms with van der Waals surface area (Å²) in [6.07, 6.45) is 0. The molecule has 114 valence electrons. The van der Waals surface area contributed by atoms with Crippen molar-refractivity contribution in [2.45, 2.75) is 18.7 Å². The Labute approximate surface area is 120 Å². The Hall–Kier alpha value is -1.15. The zero-order valence-electron chi connectivity index (χ0n) is 12.1. The quantitative estimate of drug-likeness (QED) is 0.716. The molecule has 0 heterocycles. The molecule has 0 atom stereocenters. The number of nitrogens with zero attached hydrogens (tertiary/aromatic N) is 1. The van der Waals surface area contributed by atoms with Crippen LogP contribution in [0.4, 0.5) is 5.69 Å². The third-order valence-corrected chi connectivity index (χ3v) is 5.33. The van der Waals surface area contributed by atoms with Crippen LogP contribution in [-0.4, -0.2) is 51.2 Å². The van der Waals surface area contributed by atoms with Gasteiger partial charge in [-0.2, -0.15) is 4.31 Å². The minimum absolute atomic E-state index is 0.0272. The van der Waals surface area contributed by atoms with Gasteiger partial charge in [-0.1, -0.05) is 6.07 Å². The van der Waals surface area contributed by atoms with Crippen LogP contribution in [0.15, 0.2) is 17.0 Å². The number of methoxy groups -OCH3 is 1. The van der Waals surface area contributed by atoms with Gasteiger partial charge < -0.3 is 15.6 Å². The maximum Gasteiger partial charge on any atom is 0.243 e. The van der Waals surface area contributed by atoms with Gasteiger partial charge in [0.2, 0.25) is 10.0 Å². The average molecular weight is 302 g/mol. The molecule has 0 saturated carbocycles. The molecule has 0 aliphatic heterocycles. The molecule has 20 heavy (non-hydrogen) atoms. The molecule has 7 heteroatoms. The van der Waals surface area contributed by atoms with Gasteiger partial charge in [0.1, 0.15) is 0 Å². The van der Waals surface area contributed by atoms with E-state index in [1.165, 1.54) is 11.4 Å². The standard InChI is InChI=1S/C13H22N2O4S/c1-10-4-5-12(14)11(2)13(10)20(17,18)15(6-8-16)7-9-19-3/h4-5,16H,6-9,14H2,1-3H3. The van der Waals surface area contributed by atoms with Crippen molar-refractivity contribution >= 4 is 15.7 Å². The molecule has 0 bridgehead atoms. The van der Waals surface area contributed by atoms with Crippen molar-refractivity contribution in [2.24, 2.45) is 0 Å². The first-order valence-corrected chi connectivity index (χ1v) is 7.76. The molecule has 6 nitrogen and oxygen atoms in total. The first-order chi connectivity index (χ1) is 9.36. The van der Waals surface area contributed by atoms with Crippen LogP contribution in [0.25, 0.3) is 0 Å². The fourth-order valence-corrected chi connectivity index (χ4v) is 3.90. The van der Waals surface area contributed by atoms with E-state index in [9.17, 15) is 8.42 Å². The Balaban J connectivity index is 3.29. The van der Waals surface area contributed by atoms with Crippen LogP contribution < -0.4 is 5.73 Å². The van der Waals surface area contributed by atoms with Crippen LogP contribution in [0.2, 0.25) is 0 Å². The second kappa shape index (κ2) is 7.03. The number of nitrogens with two attached hydrogens (primary N) is 1. The predicted octanol–water partition coefficient (Wildman–Crippen LogP) is 0.515. The lowest BCUT2D eigenvalue weighted by Crippen LogP contribution is -2.37.